The molecular formula is C24H22FN3O2S. The molecule has 0 aliphatic heterocycles. The van der Waals surface area contributed by atoms with Gasteiger partial charge in [-0.2, -0.15) is 0 Å². The van der Waals surface area contributed by atoms with Gasteiger partial charge in [-0.25, -0.2) is 14.4 Å². The Balaban J connectivity index is 1.29. The van der Waals surface area contributed by atoms with Crippen molar-refractivity contribution in [3.63, 3.8) is 0 Å². The Labute approximate surface area is 184 Å². The third-order valence-electron chi connectivity index (χ3n) is 4.48. The summed E-state index contributed by atoms with van der Waals surface area (Å²) in [5, 5.41) is 6.44. The number of nitrogens with one attached hydrogen (secondary N) is 1. The van der Waals surface area contributed by atoms with Crippen molar-refractivity contribution in [3.8, 4) is 17.4 Å². The van der Waals surface area contributed by atoms with Gasteiger partial charge in [0, 0.05) is 36.3 Å². The first-order valence-electron chi connectivity index (χ1n) is 9.86. The van der Waals surface area contributed by atoms with Crippen LogP contribution in [0.5, 0.6) is 17.4 Å². The summed E-state index contributed by atoms with van der Waals surface area (Å²) in [5.74, 6) is 1.35. The molecule has 7 heteroatoms. The molecule has 0 aliphatic carbocycles. The minimum absolute atomic E-state index is 0.345. The van der Waals surface area contributed by atoms with E-state index >= 15 is 0 Å². The lowest BCUT2D eigenvalue weighted by Gasteiger charge is -2.11. The van der Waals surface area contributed by atoms with Gasteiger partial charge < -0.3 is 14.8 Å². The fourth-order valence-corrected chi connectivity index (χ4v) is 3.57. The van der Waals surface area contributed by atoms with Crippen LogP contribution in [-0.4, -0.2) is 9.97 Å². The predicted octanol–water partition coefficient (Wildman–Crippen LogP) is 5.65. The second-order valence-electron chi connectivity index (χ2n) is 6.92. The number of hydrogen-bond acceptors (Lipinski definition) is 6. The zero-order valence-electron chi connectivity index (χ0n) is 17.0. The predicted molar refractivity (Wildman–Crippen MR) is 119 cm³/mol. The molecule has 2 aromatic heterocycles. The molecule has 0 saturated heterocycles. The summed E-state index contributed by atoms with van der Waals surface area (Å²) in [6.45, 7) is 3.70. The summed E-state index contributed by atoms with van der Waals surface area (Å²) >= 11 is 1.62. The van der Waals surface area contributed by atoms with Crippen molar-refractivity contribution in [2.24, 2.45) is 0 Å². The highest BCUT2D eigenvalue weighted by Crippen LogP contribution is 2.23. The van der Waals surface area contributed by atoms with Crippen molar-refractivity contribution in [1.29, 1.82) is 0 Å². The fourth-order valence-electron chi connectivity index (χ4n) is 2.97. The van der Waals surface area contributed by atoms with Gasteiger partial charge in [0.2, 0.25) is 5.88 Å². The summed E-state index contributed by atoms with van der Waals surface area (Å²) in [4.78, 5) is 8.68. The van der Waals surface area contributed by atoms with Crippen LogP contribution >= 0.6 is 11.3 Å². The molecule has 0 aliphatic rings. The van der Waals surface area contributed by atoms with Crippen LogP contribution in [0.15, 0.2) is 72.2 Å². The molecule has 0 unspecified atom stereocenters. The Bertz CT molecular complexity index is 1130. The van der Waals surface area contributed by atoms with Crippen LogP contribution in [0.1, 0.15) is 21.8 Å². The maximum atomic E-state index is 13.4. The molecule has 4 rings (SSSR count). The van der Waals surface area contributed by atoms with E-state index in [0.29, 0.717) is 31.3 Å². The Kier molecular flexibility index (Phi) is 6.86. The molecular weight excluding hydrogens is 413 g/mol. The summed E-state index contributed by atoms with van der Waals surface area (Å²) in [5.41, 5.74) is 2.97. The molecule has 4 aromatic rings. The Morgan fingerprint density at radius 2 is 1.87 bits per heavy atom. The number of halogens is 1. The molecule has 0 atom stereocenters. The molecule has 1 N–H and O–H groups in total. The first kappa shape index (κ1) is 21.0. The summed E-state index contributed by atoms with van der Waals surface area (Å²) in [7, 11) is 0. The van der Waals surface area contributed by atoms with Gasteiger partial charge >= 0.3 is 0 Å². The van der Waals surface area contributed by atoms with Crippen LogP contribution in [0.2, 0.25) is 0 Å². The third kappa shape index (κ3) is 6.10. The van der Waals surface area contributed by atoms with Gasteiger partial charge in [-0.05, 0) is 42.8 Å². The van der Waals surface area contributed by atoms with E-state index < -0.39 is 0 Å². The minimum Gasteiger partial charge on any atom is -0.487 e. The number of aryl methyl sites for hydroxylation is 1. The highest BCUT2D eigenvalue weighted by molar-refractivity contribution is 7.09. The summed E-state index contributed by atoms with van der Waals surface area (Å²) in [6, 6.07) is 17.8. The van der Waals surface area contributed by atoms with E-state index in [1.807, 2.05) is 48.7 Å². The number of aromatic nitrogens is 2. The maximum absolute atomic E-state index is 13.4. The van der Waals surface area contributed by atoms with Crippen molar-refractivity contribution in [1.82, 2.24) is 15.3 Å². The van der Waals surface area contributed by atoms with Gasteiger partial charge in [0.15, 0.2) is 0 Å². The second kappa shape index (κ2) is 10.1. The standard InChI is InChI=1S/C24H22FN3O2S/c1-17-28-21(16-31-17)15-29-22-9-7-18(8-10-22)13-26-14-19-4-3-11-27-24(19)30-23-6-2-5-20(25)12-23/h2-12,16,26H,13-15H2,1H3. The van der Waals surface area contributed by atoms with Gasteiger partial charge in [0.25, 0.3) is 0 Å². The minimum atomic E-state index is -0.345. The summed E-state index contributed by atoms with van der Waals surface area (Å²) < 4.78 is 24.9. The smallest absolute Gasteiger partial charge is 0.223 e. The zero-order chi connectivity index (χ0) is 21.5. The first-order valence-corrected chi connectivity index (χ1v) is 10.7. The van der Waals surface area contributed by atoms with Gasteiger partial charge in [-0.15, -0.1) is 11.3 Å². The molecule has 5 nitrogen and oxygen atoms in total. The van der Waals surface area contributed by atoms with E-state index in [4.69, 9.17) is 9.47 Å². The molecule has 0 radical (unpaired) electrons. The van der Waals surface area contributed by atoms with Crippen LogP contribution in [0.25, 0.3) is 0 Å². The quantitative estimate of drug-likeness (QED) is 0.368. The number of pyridine rings is 1. The van der Waals surface area contributed by atoms with Gasteiger partial charge in [-0.1, -0.05) is 24.3 Å². The Hall–Kier alpha value is -3.29. The van der Waals surface area contributed by atoms with Crippen LogP contribution in [0.4, 0.5) is 4.39 Å². The maximum Gasteiger partial charge on any atom is 0.223 e. The molecule has 0 saturated carbocycles. The van der Waals surface area contributed by atoms with Gasteiger partial charge in [0.05, 0.1) is 10.7 Å². The fraction of sp³-hybridized carbons (Fsp3) is 0.167. The van der Waals surface area contributed by atoms with Crippen LogP contribution in [-0.2, 0) is 19.7 Å². The van der Waals surface area contributed by atoms with E-state index in [0.717, 1.165) is 27.6 Å². The highest BCUT2D eigenvalue weighted by atomic mass is 32.1. The lowest BCUT2D eigenvalue weighted by atomic mass is 10.2. The molecule has 158 valence electrons. The van der Waals surface area contributed by atoms with Crippen LogP contribution in [0.3, 0.4) is 0 Å². The molecule has 2 aromatic carbocycles. The Morgan fingerprint density at radius 1 is 1.00 bits per heavy atom. The van der Waals surface area contributed by atoms with E-state index in [2.05, 4.69) is 15.3 Å². The number of hydrogen-bond donors (Lipinski definition) is 1. The van der Waals surface area contributed by atoms with Crippen molar-refractivity contribution >= 4 is 11.3 Å². The lowest BCUT2D eigenvalue weighted by Crippen LogP contribution is -2.13. The van der Waals surface area contributed by atoms with Crippen molar-refractivity contribution < 1.29 is 13.9 Å². The van der Waals surface area contributed by atoms with Gasteiger partial charge in [0.1, 0.15) is 23.9 Å². The van der Waals surface area contributed by atoms with E-state index in [1.165, 1.54) is 12.1 Å². The molecule has 0 amide bonds. The number of thiazole rings is 1. The number of rotatable bonds is 9. The topological polar surface area (TPSA) is 56.3 Å². The Morgan fingerprint density at radius 3 is 2.65 bits per heavy atom. The molecule has 0 spiro atoms. The number of ether oxygens (including phenoxy) is 2. The zero-order valence-corrected chi connectivity index (χ0v) is 17.9. The number of nitrogens with zero attached hydrogens (tertiary/aromatic N) is 2. The largest absolute Gasteiger partial charge is 0.487 e. The first-order chi connectivity index (χ1) is 15.2. The second-order valence-corrected chi connectivity index (χ2v) is 7.98. The van der Waals surface area contributed by atoms with Crippen LogP contribution in [0, 0.1) is 12.7 Å². The average molecular weight is 436 g/mol. The normalized spacial score (nSPS) is 10.8. The average Bonchev–Trinajstić information content (AvgIpc) is 3.19. The number of benzene rings is 2. The van der Waals surface area contributed by atoms with Gasteiger partial charge in [-0.3, -0.25) is 0 Å². The highest BCUT2D eigenvalue weighted by Gasteiger charge is 2.07. The van der Waals surface area contributed by atoms with Crippen LogP contribution < -0.4 is 14.8 Å². The SMILES string of the molecule is Cc1nc(COc2ccc(CNCc3cccnc3Oc3cccc(F)c3)cc2)cs1. The lowest BCUT2D eigenvalue weighted by molar-refractivity contribution is 0.302. The third-order valence-corrected chi connectivity index (χ3v) is 5.30. The monoisotopic (exact) mass is 435 g/mol. The van der Waals surface area contributed by atoms with E-state index in [-0.39, 0.29) is 5.82 Å². The van der Waals surface area contributed by atoms with Crippen molar-refractivity contribution in [3.05, 3.63) is 99.9 Å². The van der Waals surface area contributed by atoms with Crippen molar-refractivity contribution in [2.45, 2.75) is 26.6 Å². The summed E-state index contributed by atoms with van der Waals surface area (Å²) in [6.07, 6.45) is 1.66. The van der Waals surface area contributed by atoms with Crippen molar-refractivity contribution in [2.75, 3.05) is 0 Å². The van der Waals surface area contributed by atoms with E-state index in [1.54, 1.807) is 29.7 Å². The van der Waals surface area contributed by atoms with E-state index in [9.17, 15) is 4.39 Å². The molecule has 0 fully saturated rings. The molecule has 2 heterocycles. The molecule has 31 heavy (non-hydrogen) atoms. The molecule has 0 bridgehead atoms.